The summed E-state index contributed by atoms with van der Waals surface area (Å²) in [6.45, 7) is 4.21. The third-order valence-corrected chi connectivity index (χ3v) is 4.86. The minimum absolute atomic E-state index is 0. The van der Waals surface area contributed by atoms with Crippen LogP contribution in [0.5, 0.6) is 0 Å². The lowest BCUT2D eigenvalue weighted by molar-refractivity contribution is 0.0958. The summed E-state index contributed by atoms with van der Waals surface area (Å²) in [4.78, 5) is 12.3. The lowest BCUT2D eigenvalue weighted by Crippen LogP contribution is -2.31. The van der Waals surface area contributed by atoms with Crippen molar-refractivity contribution in [2.24, 2.45) is 0 Å². The van der Waals surface area contributed by atoms with E-state index in [2.05, 4.69) is 22.3 Å². The summed E-state index contributed by atoms with van der Waals surface area (Å²) in [7, 11) is -2.14. The predicted octanol–water partition coefficient (Wildman–Crippen LogP) is 0.807. The van der Waals surface area contributed by atoms with E-state index in [1.807, 2.05) is 0 Å². The Bertz CT molecular complexity index is 517. The number of carbonyl (C=O) groups excluding carboxylic acids is 1. The van der Waals surface area contributed by atoms with E-state index in [0.717, 1.165) is 24.3 Å². The van der Waals surface area contributed by atoms with Crippen LogP contribution in [-0.2, 0) is 10.0 Å². The van der Waals surface area contributed by atoms with Crippen LogP contribution in [0.3, 0.4) is 0 Å². The zero-order valence-corrected chi connectivity index (χ0v) is 13.9. The van der Waals surface area contributed by atoms with Crippen molar-refractivity contribution in [1.82, 2.24) is 15.4 Å². The Morgan fingerprint density at radius 3 is 2.60 bits per heavy atom. The molecule has 0 bridgehead atoms. The van der Waals surface area contributed by atoms with Crippen LogP contribution in [0.4, 0.5) is 0 Å². The van der Waals surface area contributed by atoms with Crippen molar-refractivity contribution in [3.05, 3.63) is 16.3 Å². The molecule has 0 aliphatic heterocycles. The van der Waals surface area contributed by atoms with E-state index >= 15 is 0 Å². The molecule has 0 spiro atoms. The minimum Gasteiger partial charge on any atom is -0.350 e. The molecule has 1 aromatic heterocycles. The minimum atomic E-state index is -3.48. The summed E-state index contributed by atoms with van der Waals surface area (Å²) >= 11 is 1.12. The van der Waals surface area contributed by atoms with Gasteiger partial charge in [-0.25, -0.2) is 13.1 Å². The van der Waals surface area contributed by atoms with Crippen LogP contribution in [0, 0.1) is 0 Å². The number of thiophene rings is 1. The lowest BCUT2D eigenvalue weighted by Gasteiger charge is -2.04. The Morgan fingerprint density at radius 2 is 2.00 bits per heavy atom. The molecule has 1 amide bonds. The standard InChI is InChI=1S/C11H19N3O3S2.ClH/c1-3-4-13-5-6-14-11(15)10-7-9(8-18-10)19(16,17)12-2;/h7-8,12-13H,3-6H2,1-2H3,(H,14,15);1H. The van der Waals surface area contributed by atoms with Gasteiger partial charge in [0.15, 0.2) is 0 Å². The first-order chi connectivity index (χ1) is 9.01. The summed E-state index contributed by atoms with van der Waals surface area (Å²) in [5.74, 6) is -0.249. The van der Waals surface area contributed by atoms with E-state index < -0.39 is 10.0 Å². The molecule has 0 saturated heterocycles. The molecule has 20 heavy (non-hydrogen) atoms. The van der Waals surface area contributed by atoms with Crippen molar-refractivity contribution in [2.45, 2.75) is 18.2 Å². The lowest BCUT2D eigenvalue weighted by atomic mass is 10.4. The van der Waals surface area contributed by atoms with E-state index in [9.17, 15) is 13.2 Å². The Balaban J connectivity index is 0.00000361. The Morgan fingerprint density at radius 1 is 1.30 bits per heavy atom. The highest BCUT2D eigenvalue weighted by atomic mass is 35.5. The van der Waals surface area contributed by atoms with Crippen LogP contribution >= 0.6 is 23.7 Å². The molecule has 1 aromatic rings. The number of rotatable bonds is 8. The van der Waals surface area contributed by atoms with Gasteiger partial charge in [-0.15, -0.1) is 23.7 Å². The molecule has 0 fully saturated rings. The number of nitrogens with one attached hydrogen (secondary N) is 3. The maximum atomic E-state index is 11.8. The van der Waals surface area contributed by atoms with E-state index in [-0.39, 0.29) is 23.2 Å². The summed E-state index contributed by atoms with van der Waals surface area (Å²) < 4.78 is 25.3. The molecule has 0 unspecified atom stereocenters. The molecule has 3 N–H and O–H groups in total. The quantitative estimate of drug-likeness (QED) is 0.611. The first-order valence-electron chi connectivity index (χ1n) is 6.02. The molecule has 0 aromatic carbocycles. The van der Waals surface area contributed by atoms with Crippen molar-refractivity contribution in [2.75, 3.05) is 26.7 Å². The monoisotopic (exact) mass is 341 g/mol. The Kier molecular flexibility index (Phi) is 8.99. The van der Waals surface area contributed by atoms with E-state index in [1.165, 1.54) is 18.5 Å². The number of carbonyl (C=O) groups is 1. The fraction of sp³-hybridized carbons (Fsp3) is 0.545. The maximum Gasteiger partial charge on any atom is 0.261 e. The molecule has 1 heterocycles. The smallest absolute Gasteiger partial charge is 0.261 e. The van der Waals surface area contributed by atoms with Gasteiger partial charge in [-0.1, -0.05) is 6.92 Å². The summed E-state index contributed by atoms with van der Waals surface area (Å²) in [5.41, 5.74) is 0. The van der Waals surface area contributed by atoms with Crippen molar-refractivity contribution >= 4 is 39.7 Å². The highest BCUT2D eigenvalue weighted by Crippen LogP contribution is 2.18. The largest absolute Gasteiger partial charge is 0.350 e. The summed E-state index contributed by atoms with van der Waals surface area (Å²) in [6, 6.07) is 1.38. The van der Waals surface area contributed by atoms with Crippen LogP contribution < -0.4 is 15.4 Å². The van der Waals surface area contributed by atoms with Gasteiger partial charge in [0.25, 0.3) is 5.91 Å². The molecular formula is C11H20ClN3O3S2. The topological polar surface area (TPSA) is 87.3 Å². The predicted molar refractivity (Wildman–Crippen MR) is 83.3 cm³/mol. The van der Waals surface area contributed by atoms with Gasteiger partial charge >= 0.3 is 0 Å². The molecule has 116 valence electrons. The van der Waals surface area contributed by atoms with Crippen molar-refractivity contribution in [3.63, 3.8) is 0 Å². The molecule has 6 nitrogen and oxygen atoms in total. The van der Waals surface area contributed by atoms with Gasteiger partial charge in [-0.3, -0.25) is 4.79 Å². The van der Waals surface area contributed by atoms with Gasteiger partial charge < -0.3 is 10.6 Å². The fourth-order valence-corrected chi connectivity index (χ4v) is 3.27. The van der Waals surface area contributed by atoms with Gasteiger partial charge in [0.1, 0.15) is 0 Å². The SMILES string of the molecule is CCCNCCNC(=O)c1cc(S(=O)(=O)NC)cs1.Cl. The van der Waals surface area contributed by atoms with E-state index in [4.69, 9.17) is 0 Å². The van der Waals surface area contributed by atoms with Crippen LogP contribution in [0.15, 0.2) is 16.3 Å². The second-order valence-electron chi connectivity index (χ2n) is 3.86. The molecule has 0 saturated carbocycles. The van der Waals surface area contributed by atoms with Gasteiger partial charge in [0.05, 0.1) is 9.77 Å². The van der Waals surface area contributed by atoms with Crippen molar-refractivity contribution in [3.8, 4) is 0 Å². The van der Waals surface area contributed by atoms with Crippen LogP contribution in [-0.4, -0.2) is 41.0 Å². The molecule has 1 rings (SSSR count). The number of hydrogen-bond acceptors (Lipinski definition) is 5. The van der Waals surface area contributed by atoms with E-state index in [0.29, 0.717) is 18.0 Å². The second kappa shape index (κ2) is 9.30. The summed E-state index contributed by atoms with van der Waals surface area (Å²) in [6.07, 6.45) is 1.05. The Hall–Kier alpha value is -0.670. The number of halogens is 1. The van der Waals surface area contributed by atoms with Crippen LogP contribution in [0.25, 0.3) is 0 Å². The molecule has 0 aliphatic rings. The zero-order chi connectivity index (χ0) is 14.3. The maximum absolute atomic E-state index is 11.8. The third-order valence-electron chi connectivity index (χ3n) is 2.39. The molecule has 0 aliphatic carbocycles. The first-order valence-corrected chi connectivity index (χ1v) is 8.38. The highest BCUT2D eigenvalue weighted by Gasteiger charge is 2.16. The number of amides is 1. The molecule has 9 heteroatoms. The zero-order valence-electron chi connectivity index (χ0n) is 11.4. The van der Waals surface area contributed by atoms with Crippen molar-refractivity contribution < 1.29 is 13.2 Å². The average Bonchev–Trinajstić information content (AvgIpc) is 2.88. The first kappa shape index (κ1) is 19.3. The van der Waals surface area contributed by atoms with Gasteiger partial charge in [-0.05, 0) is 26.1 Å². The number of hydrogen-bond donors (Lipinski definition) is 3. The van der Waals surface area contributed by atoms with Gasteiger partial charge in [0.2, 0.25) is 10.0 Å². The average molecular weight is 342 g/mol. The molecular weight excluding hydrogens is 322 g/mol. The molecule has 0 atom stereocenters. The highest BCUT2D eigenvalue weighted by molar-refractivity contribution is 7.89. The Labute approximate surface area is 129 Å². The fourth-order valence-electron chi connectivity index (χ4n) is 1.35. The van der Waals surface area contributed by atoms with Crippen LogP contribution in [0.2, 0.25) is 0 Å². The van der Waals surface area contributed by atoms with Gasteiger partial charge in [-0.2, -0.15) is 0 Å². The van der Waals surface area contributed by atoms with Crippen LogP contribution in [0.1, 0.15) is 23.0 Å². The van der Waals surface area contributed by atoms with E-state index in [1.54, 1.807) is 0 Å². The second-order valence-corrected chi connectivity index (χ2v) is 6.66. The van der Waals surface area contributed by atoms with Crippen molar-refractivity contribution in [1.29, 1.82) is 0 Å². The third kappa shape index (κ3) is 5.76. The normalized spacial score (nSPS) is 10.9. The number of sulfonamides is 1. The summed E-state index contributed by atoms with van der Waals surface area (Å²) in [5, 5.41) is 7.35. The van der Waals surface area contributed by atoms with Gasteiger partial charge in [0, 0.05) is 18.5 Å². The molecule has 0 radical (unpaired) electrons.